The van der Waals surface area contributed by atoms with E-state index in [1.807, 2.05) is 0 Å². The van der Waals surface area contributed by atoms with Crippen LogP contribution in [0.4, 0.5) is 0 Å². The van der Waals surface area contributed by atoms with Crippen molar-refractivity contribution in [2.75, 3.05) is 5.75 Å². The molecule has 0 radical (unpaired) electrons. The van der Waals surface area contributed by atoms with Gasteiger partial charge in [-0.3, -0.25) is 4.79 Å². The lowest BCUT2D eigenvalue weighted by Gasteiger charge is -2.04. The first-order chi connectivity index (χ1) is 6.92. The molecule has 0 spiro atoms. The zero-order valence-corrected chi connectivity index (χ0v) is 9.60. The molecule has 0 fully saturated rings. The lowest BCUT2D eigenvalue weighted by molar-refractivity contribution is -0.117. The second-order valence-electron chi connectivity index (χ2n) is 3.63. The van der Waals surface area contributed by atoms with Gasteiger partial charge in [-0.1, -0.05) is 11.6 Å². The zero-order valence-electron chi connectivity index (χ0n) is 8.03. The molecule has 80 valence electrons. The van der Waals surface area contributed by atoms with Crippen LogP contribution < -0.4 is 0 Å². The monoisotopic (exact) mass is 244 g/mol. The summed E-state index contributed by atoms with van der Waals surface area (Å²) >= 11 is 5.78. The van der Waals surface area contributed by atoms with E-state index < -0.39 is 15.8 Å². The van der Waals surface area contributed by atoms with Crippen molar-refractivity contribution in [1.29, 1.82) is 0 Å². The summed E-state index contributed by atoms with van der Waals surface area (Å²) in [5.41, 5.74) is 0.537. The SMILES string of the molecule is CC(=O)C1CS(=O)(=O)c2ccc(Cl)cc21. The smallest absolute Gasteiger partial charge is 0.179 e. The normalized spacial score (nSPS) is 22.4. The molecule has 1 aromatic rings. The Labute approximate surface area is 93.0 Å². The fraction of sp³-hybridized carbons (Fsp3) is 0.300. The largest absolute Gasteiger partial charge is 0.299 e. The molecule has 1 aliphatic heterocycles. The van der Waals surface area contributed by atoms with Crippen LogP contribution in [0.1, 0.15) is 18.4 Å². The van der Waals surface area contributed by atoms with Gasteiger partial charge in [0.2, 0.25) is 0 Å². The number of carbonyl (C=O) groups is 1. The fourth-order valence-corrected chi connectivity index (χ4v) is 3.86. The van der Waals surface area contributed by atoms with Crippen molar-refractivity contribution in [2.45, 2.75) is 17.7 Å². The molecule has 0 saturated carbocycles. The van der Waals surface area contributed by atoms with Gasteiger partial charge in [0.15, 0.2) is 9.84 Å². The summed E-state index contributed by atoms with van der Waals surface area (Å²) in [6.45, 7) is 1.40. The highest BCUT2D eigenvalue weighted by atomic mass is 35.5. The molecular weight excluding hydrogens is 236 g/mol. The molecular formula is C10H9ClO3S. The van der Waals surface area contributed by atoms with Crippen LogP contribution >= 0.6 is 11.6 Å². The minimum atomic E-state index is -3.30. The summed E-state index contributed by atoms with van der Waals surface area (Å²) < 4.78 is 23.4. The predicted molar refractivity (Wildman–Crippen MR) is 56.9 cm³/mol. The summed E-state index contributed by atoms with van der Waals surface area (Å²) in [6.07, 6.45) is 0. The highest BCUT2D eigenvalue weighted by molar-refractivity contribution is 7.91. The van der Waals surface area contributed by atoms with E-state index >= 15 is 0 Å². The molecule has 2 rings (SSSR count). The van der Waals surface area contributed by atoms with Crippen molar-refractivity contribution in [3.05, 3.63) is 28.8 Å². The first-order valence-electron chi connectivity index (χ1n) is 4.44. The van der Waals surface area contributed by atoms with Crippen LogP contribution in [-0.4, -0.2) is 20.0 Å². The summed E-state index contributed by atoms with van der Waals surface area (Å²) in [6, 6.07) is 4.56. The molecule has 15 heavy (non-hydrogen) atoms. The number of fused-ring (bicyclic) bond motifs is 1. The molecule has 1 heterocycles. The summed E-state index contributed by atoms with van der Waals surface area (Å²) in [7, 11) is -3.30. The number of carbonyl (C=O) groups excluding carboxylic acids is 1. The number of benzene rings is 1. The van der Waals surface area contributed by atoms with Gasteiger partial charge in [0.05, 0.1) is 16.6 Å². The molecule has 0 N–H and O–H groups in total. The number of rotatable bonds is 1. The Hall–Kier alpha value is -0.870. The van der Waals surface area contributed by atoms with Crippen LogP contribution in [0.2, 0.25) is 5.02 Å². The van der Waals surface area contributed by atoms with Gasteiger partial charge in [-0.15, -0.1) is 0 Å². The Balaban J connectivity index is 2.69. The van der Waals surface area contributed by atoms with E-state index in [1.54, 1.807) is 6.07 Å². The molecule has 0 aromatic heterocycles. The predicted octanol–water partition coefficient (Wildman–Crippen LogP) is 1.80. The lowest BCUT2D eigenvalue weighted by Crippen LogP contribution is -2.10. The molecule has 5 heteroatoms. The summed E-state index contributed by atoms with van der Waals surface area (Å²) in [4.78, 5) is 11.5. The first-order valence-corrected chi connectivity index (χ1v) is 6.47. The Morgan fingerprint density at radius 3 is 2.73 bits per heavy atom. The fourth-order valence-electron chi connectivity index (χ4n) is 1.81. The van der Waals surface area contributed by atoms with Gasteiger partial charge in [0, 0.05) is 5.02 Å². The van der Waals surface area contributed by atoms with Gasteiger partial charge in [-0.05, 0) is 30.7 Å². The van der Waals surface area contributed by atoms with Crippen LogP contribution in [0.3, 0.4) is 0 Å². The lowest BCUT2D eigenvalue weighted by atomic mass is 9.98. The minimum Gasteiger partial charge on any atom is -0.299 e. The highest BCUT2D eigenvalue weighted by Gasteiger charge is 2.37. The van der Waals surface area contributed by atoms with Crippen LogP contribution in [0, 0.1) is 0 Å². The van der Waals surface area contributed by atoms with Gasteiger partial charge >= 0.3 is 0 Å². The van der Waals surface area contributed by atoms with Crippen LogP contribution in [0.25, 0.3) is 0 Å². The van der Waals surface area contributed by atoms with Crippen molar-refractivity contribution in [3.8, 4) is 0 Å². The van der Waals surface area contributed by atoms with Crippen LogP contribution in [0.15, 0.2) is 23.1 Å². The molecule has 1 aromatic carbocycles. The Bertz CT molecular complexity index is 534. The minimum absolute atomic E-state index is 0.127. The van der Waals surface area contributed by atoms with Gasteiger partial charge in [-0.25, -0.2) is 8.42 Å². The van der Waals surface area contributed by atoms with Gasteiger partial charge < -0.3 is 0 Å². The third-order valence-electron chi connectivity index (χ3n) is 2.56. The first kappa shape index (κ1) is 10.6. The molecule has 0 amide bonds. The topological polar surface area (TPSA) is 51.2 Å². The number of hydrogen-bond acceptors (Lipinski definition) is 3. The second kappa shape index (κ2) is 3.32. The van der Waals surface area contributed by atoms with Crippen molar-refractivity contribution >= 4 is 27.2 Å². The third-order valence-corrected chi connectivity index (χ3v) is 4.61. The zero-order chi connectivity index (χ0) is 11.2. The van der Waals surface area contributed by atoms with E-state index in [0.717, 1.165) is 0 Å². The maximum Gasteiger partial charge on any atom is 0.179 e. The van der Waals surface area contributed by atoms with Crippen LogP contribution in [0.5, 0.6) is 0 Å². The Morgan fingerprint density at radius 1 is 1.47 bits per heavy atom. The number of Topliss-reactive ketones (excluding diaryl/α,β-unsaturated/α-hetero) is 1. The van der Waals surface area contributed by atoms with E-state index in [-0.39, 0.29) is 16.4 Å². The maximum absolute atomic E-state index is 11.7. The standard InChI is InChI=1S/C10H9ClO3S/c1-6(12)9-5-15(13,14)10-3-2-7(11)4-8(9)10/h2-4,9H,5H2,1H3. The number of halogens is 1. The molecule has 1 atom stereocenters. The van der Waals surface area contributed by atoms with E-state index in [0.29, 0.717) is 10.6 Å². The van der Waals surface area contributed by atoms with Gasteiger partial charge in [0.1, 0.15) is 5.78 Å². The molecule has 0 aliphatic carbocycles. The van der Waals surface area contributed by atoms with Crippen molar-refractivity contribution in [1.82, 2.24) is 0 Å². The summed E-state index contributed by atoms with van der Waals surface area (Å²) in [5, 5.41) is 0.456. The van der Waals surface area contributed by atoms with E-state index in [1.165, 1.54) is 19.1 Å². The van der Waals surface area contributed by atoms with Crippen molar-refractivity contribution in [3.63, 3.8) is 0 Å². The van der Waals surface area contributed by atoms with Gasteiger partial charge in [-0.2, -0.15) is 0 Å². The number of hydrogen-bond donors (Lipinski definition) is 0. The molecule has 1 unspecified atom stereocenters. The molecule has 3 nitrogen and oxygen atoms in total. The quantitative estimate of drug-likeness (QED) is 0.757. The van der Waals surface area contributed by atoms with Crippen LogP contribution in [-0.2, 0) is 14.6 Å². The molecule has 1 aliphatic rings. The third kappa shape index (κ3) is 1.68. The average molecular weight is 245 g/mol. The van der Waals surface area contributed by atoms with Gasteiger partial charge in [0.25, 0.3) is 0 Å². The summed E-state index contributed by atoms with van der Waals surface area (Å²) in [5.74, 6) is -0.818. The van der Waals surface area contributed by atoms with Crippen molar-refractivity contribution in [2.24, 2.45) is 0 Å². The maximum atomic E-state index is 11.7. The highest BCUT2D eigenvalue weighted by Crippen LogP contribution is 2.36. The number of sulfone groups is 1. The molecule has 0 saturated heterocycles. The van der Waals surface area contributed by atoms with Crippen molar-refractivity contribution < 1.29 is 13.2 Å². The number of ketones is 1. The Morgan fingerprint density at radius 2 is 2.13 bits per heavy atom. The average Bonchev–Trinajstić information content (AvgIpc) is 2.38. The molecule has 0 bridgehead atoms. The van der Waals surface area contributed by atoms with E-state index in [9.17, 15) is 13.2 Å². The van der Waals surface area contributed by atoms with E-state index in [2.05, 4.69) is 0 Å². The Kier molecular flexibility index (Phi) is 2.35. The van der Waals surface area contributed by atoms with E-state index in [4.69, 9.17) is 11.6 Å². The second-order valence-corrected chi connectivity index (χ2v) is 6.07.